The molecule has 4 aromatic rings. The topological polar surface area (TPSA) is 52.1 Å². The van der Waals surface area contributed by atoms with E-state index < -0.39 is 0 Å². The van der Waals surface area contributed by atoms with Crippen LogP contribution in [-0.4, -0.2) is 10.1 Å². The standard InChI is InChI=1S/C20H16N2O2/c1-13-8-10-17-16(12-13)14(2)19(23-17)20-21-18(24-22-20)11-9-15-6-4-3-5-7-15/h3-12H,1-2H3. The summed E-state index contributed by atoms with van der Waals surface area (Å²) < 4.78 is 11.2. The molecule has 0 N–H and O–H groups in total. The van der Waals surface area contributed by atoms with Gasteiger partial charge in [-0.2, -0.15) is 4.98 Å². The zero-order valence-corrected chi connectivity index (χ0v) is 13.5. The Balaban J connectivity index is 1.68. The number of rotatable bonds is 3. The lowest BCUT2D eigenvalue weighted by molar-refractivity contribution is 0.409. The summed E-state index contributed by atoms with van der Waals surface area (Å²) in [5.41, 5.74) is 4.12. The molecule has 0 aliphatic heterocycles. The minimum Gasteiger partial charge on any atom is -0.452 e. The van der Waals surface area contributed by atoms with E-state index in [9.17, 15) is 0 Å². The van der Waals surface area contributed by atoms with E-state index in [1.165, 1.54) is 5.56 Å². The summed E-state index contributed by atoms with van der Waals surface area (Å²) >= 11 is 0. The van der Waals surface area contributed by atoms with Crippen molar-refractivity contribution < 1.29 is 8.94 Å². The van der Waals surface area contributed by atoms with Gasteiger partial charge in [0.1, 0.15) is 5.58 Å². The third kappa shape index (κ3) is 2.63. The largest absolute Gasteiger partial charge is 0.452 e. The van der Waals surface area contributed by atoms with Crippen LogP contribution in [0.5, 0.6) is 0 Å². The average molecular weight is 316 g/mol. The molecule has 0 radical (unpaired) electrons. The molecular formula is C20H16N2O2. The number of benzene rings is 2. The smallest absolute Gasteiger partial charge is 0.251 e. The first-order chi connectivity index (χ1) is 11.7. The highest BCUT2D eigenvalue weighted by atomic mass is 16.5. The van der Waals surface area contributed by atoms with Gasteiger partial charge < -0.3 is 8.94 Å². The molecule has 0 bridgehead atoms. The maximum atomic E-state index is 5.91. The molecule has 0 saturated carbocycles. The molecule has 0 aliphatic carbocycles. The molecule has 4 heteroatoms. The van der Waals surface area contributed by atoms with Gasteiger partial charge in [0, 0.05) is 17.0 Å². The van der Waals surface area contributed by atoms with Crippen LogP contribution in [0.25, 0.3) is 34.7 Å². The van der Waals surface area contributed by atoms with Gasteiger partial charge in [0.05, 0.1) is 0 Å². The Bertz CT molecular complexity index is 1030. The molecule has 118 valence electrons. The second-order valence-electron chi connectivity index (χ2n) is 5.76. The van der Waals surface area contributed by atoms with Gasteiger partial charge in [0.15, 0.2) is 5.76 Å². The van der Waals surface area contributed by atoms with Crippen molar-refractivity contribution >= 4 is 23.1 Å². The Hall–Kier alpha value is -3.14. The number of nitrogens with zero attached hydrogens (tertiary/aromatic N) is 2. The van der Waals surface area contributed by atoms with E-state index in [0.717, 1.165) is 22.1 Å². The van der Waals surface area contributed by atoms with Crippen LogP contribution in [-0.2, 0) is 0 Å². The normalized spacial score (nSPS) is 11.6. The molecule has 0 aliphatic rings. The van der Waals surface area contributed by atoms with Gasteiger partial charge in [0.2, 0.25) is 5.82 Å². The third-order valence-corrected chi connectivity index (χ3v) is 3.95. The molecule has 0 saturated heterocycles. The first-order valence-corrected chi connectivity index (χ1v) is 7.78. The third-order valence-electron chi connectivity index (χ3n) is 3.95. The summed E-state index contributed by atoms with van der Waals surface area (Å²) in [6.45, 7) is 4.07. The van der Waals surface area contributed by atoms with Crippen molar-refractivity contribution in [2.45, 2.75) is 13.8 Å². The van der Waals surface area contributed by atoms with Crippen LogP contribution >= 0.6 is 0 Å². The van der Waals surface area contributed by atoms with E-state index in [-0.39, 0.29) is 0 Å². The number of hydrogen-bond acceptors (Lipinski definition) is 4. The van der Waals surface area contributed by atoms with E-state index >= 15 is 0 Å². The van der Waals surface area contributed by atoms with Gasteiger partial charge in [0.25, 0.3) is 5.89 Å². The Morgan fingerprint density at radius 2 is 1.79 bits per heavy atom. The highest BCUT2D eigenvalue weighted by Crippen LogP contribution is 2.32. The fourth-order valence-electron chi connectivity index (χ4n) is 2.67. The quantitative estimate of drug-likeness (QED) is 0.516. The van der Waals surface area contributed by atoms with Crippen molar-refractivity contribution in [3.8, 4) is 11.6 Å². The van der Waals surface area contributed by atoms with Gasteiger partial charge in [-0.05, 0) is 37.6 Å². The minimum atomic E-state index is 0.449. The van der Waals surface area contributed by atoms with Crippen molar-refractivity contribution in [1.29, 1.82) is 0 Å². The number of fused-ring (bicyclic) bond motifs is 1. The van der Waals surface area contributed by atoms with Gasteiger partial charge in [-0.1, -0.05) is 47.1 Å². The molecule has 4 rings (SSSR count). The van der Waals surface area contributed by atoms with Crippen LogP contribution in [0.1, 0.15) is 22.6 Å². The molecule has 2 aromatic heterocycles. The molecule has 0 amide bonds. The molecule has 24 heavy (non-hydrogen) atoms. The Labute approximate surface area is 139 Å². The predicted molar refractivity (Wildman–Crippen MR) is 94.4 cm³/mol. The summed E-state index contributed by atoms with van der Waals surface area (Å²) in [5, 5.41) is 5.13. The lowest BCUT2D eigenvalue weighted by atomic mass is 10.1. The molecule has 0 atom stereocenters. The van der Waals surface area contributed by atoms with Crippen molar-refractivity contribution in [2.24, 2.45) is 0 Å². The van der Waals surface area contributed by atoms with Crippen molar-refractivity contribution in [3.05, 3.63) is 71.1 Å². The SMILES string of the molecule is Cc1ccc2oc(-c3noc(C=Cc4ccccc4)n3)c(C)c2c1. The van der Waals surface area contributed by atoms with Crippen LogP contribution < -0.4 is 0 Å². The zero-order chi connectivity index (χ0) is 16.5. The second-order valence-corrected chi connectivity index (χ2v) is 5.76. The van der Waals surface area contributed by atoms with Crippen LogP contribution in [0.15, 0.2) is 57.5 Å². The van der Waals surface area contributed by atoms with E-state index in [1.807, 2.05) is 55.5 Å². The van der Waals surface area contributed by atoms with E-state index in [2.05, 4.69) is 23.1 Å². The van der Waals surface area contributed by atoms with Crippen LogP contribution in [0.4, 0.5) is 0 Å². The lowest BCUT2D eigenvalue weighted by Gasteiger charge is -1.91. The van der Waals surface area contributed by atoms with E-state index in [4.69, 9.17) is 8.94 Å². The highest BCUT2D eigenvalue weighted by molar-refractivity contribution is 5.87. The number of aryl methyl sites for hydroxylation is 2. The minimum absolute atomic E-state index is 0.449. The number of furan rings is 1. The fourth-order valence-corrected chi connectivity index (χ4v) is 2.67. The second kappa shape index (κ2) is 5.81. The fraction of sp³-hybridized carbons (Fsp3) is 0.100. The number of aromatic nitrogens is 2. The predicted octanol–water partition coefficient (Wildman–Crippen LogP) is 5.27. The summed E-state index contributed by atoms with van der Waals surface area (Å²) in [4.78, 5) is 4.42. The van der Waals surface area contributed by atoms with Crippen LogP contribution in [0.2, 0.25) is 0 Å². The molecular weight excluding hydrogens is 300 g/mol. The maximum absolute atomic E-state index is 5.91. The van der Waals surface area contributed by atoms with Crippen LogP contribution in [0.3, 0.4) is 0 Å². The van der Waals surface area contributed by atoms with Gasteiger partial charge in [-0.3, -0.25) is 0 Å². The summed E-state index contributed by atoms with van der Waals surface area (Å²) in [6, 6.07) is 16.1. The van der Waals surface area contributed by atoms with Crippen molar-refractivity contribution in [3.63, 3.8) is 0 Å². The highest BCUT2D eigenvalue weighted by Gasteiger charge is 2.17. The molecule has 0 fully saturated rings. The maximum Gasteiger partial charge on any atom is 0.251 e. The summed E-state index contributed by atoms with van der Waals surface area (Å²) in [6.07, 6.45) is 3.74. The monoisotopic (exact) mass is 316 g/mol. The van der Waals surface area contributed by atoms with Gasteiger partial charge >= 0.3 is 0 Å². The number of hydrogen-bond donors (Lipinski definition) is 0. The Kier molecular flexibility index (Phi) is 3.50. The Morgan fingerprint density at radius 1 is 0.958 bits per heavy atom. The molecule has 0 unspecified atom stereocenters. The van der Waals surface area contributed by atoms with Crippen LogP contribution in [0, 0.1) is 13.8 Å². The average Bonchev–Trinajstić information content (AvgIpc) is 3.19. The van der Waals surface area contributed by atoms with Crippen molar-refractivity contribution in [1.82, 2.24) is 10.1 Å². The first-order valence-electron chi connectivity index (χ1n) is 7.78. The lowest BCUT2D eigenvalue weighted by Crippen LogP contribution is -1.80. The van der Waals surface area contributed by atoms with E-state index in [1.54, 1.807) is 6.08 Å². The first kappa shape index (κ1) is 14.5. The van der Waals surface area contributed by atoms with Gasteiger partial charge in [-0.25, -0.2) is 0 Å². The van der Waals surface area contributed by atoms with Crippen molar-refractivity contribution in [2.75, 3.05) is 0 Å². The molecule has 2 heterocycles. The Morgan fingerprint density at radius 3 is 2.62 bits per heavy atom. The summed E-state index contributed by atoms with van der Waals surface area (Å²) in [7, 11) is 0. The van der Waals surface area contributed by atoms with E-state index in [0.29, 0.717) is 17.5 Å². The molecule has 2 aromatic carbocycles. The summed E-state index contributed by atoms with van der Waals surface area (Å²) in [5.74, 6) is 1.57. The molecule has 0 spiro atoms. The van der Waals surface area contributed by atoms with Gasteiger partial charge in [-0.15, -0.1) is 0 Å². The molecule has 4 nitrogen and oxygen atoms in total. The zero-order valence-electron chi connectivity index (χ0n) is 13.5.